The minimum absolute atomic E-state index is 0.113. The monoisotopic (exact) mass is 457 g/mol. The maximum Gasteiger partial charge on any atom is 0.243 e. The number of halogens is 1. The molecule has 0 spiro atoms. The number of hydrogen-bond acceptors (Lipinski definition) is 4. The summed E-state index contributed by atoms with van der Waals surface area (Å²) >= 11 is 6.29. The van der Waals surface area contributed by atoms with E-state index in [9.17, 15) is 14.7 Å². The molecule has 2 aromatic rings. The Hall–Kier alpha value is -2.41. The van der Waals surface area contributed by atoms with Gasteiger partial charge in [-0.3, -0.25) is 9.59 Å². The molecule has 32 heavy (non-hydrogen) atoms. The Bertz CT molecular complexity index is 971. The predicted octanol–water partition coefficient (Wildman–Crippen LogP) is 3.52. The number of nitrogens with one attached hydrogen (secondary N) is 1. The molecule has 1 fully saturated rings. The van der Waals surface area contributed by atoms with Crippen molar-refractivity contribution < 1.29 is 14.7 Å². The highest BCUT2D eigenvalue weighted by Crippen LogP contribution is 2.29. The second kappa shape index (κ2) is 9.61. The highest BCUT2D eigenvalue weighted by atomic mass is 35.5. The Labute approximate surface area is 194 Å². The molecule has 0 aliphatic carbocycles. The van der Waals surface area contributed by atoms with Crippen LogP contribution in [0.5, 0.6) is 0 Å². The van der Waals surface area contributed by atoms with Gasteiger partial charge in [0.25, 0.3) is 0 Å². The van der Waals surface area contributed by atoms with Crippen LogP contribution in [-0.4, -0.2) is 46.6 Å². The molecule has 7 heteroatoms. The second-order valence-electron chi connectivity index (χ2n) is 9.57. The Balaban J connectivity index is 1.70. The lowest BCUT2D eigenvalue weighted by Gasteiger charge is -2.32. The zero-order valence-corrected chi connectivity index (χ0v) is 19.8. The lowest BCUT2D eigenvalue weighted by Crippen LogP contribution is -2.55. The summed E-state index contributed by atoms with van der Waals surface area (Å²) in [5.41, 5.74) is 8.56. The number of β-amino-alcohol motifs (C(OH)–C–C–N with tert-alkyl or cyclic N) is 1. The number of likely N-dealkylation sites (tertiary alicyclic amines) is 1. The molecule has 0 bridgehead atoms. The molecule has 4 atom stereocenters. The van der Waals surface area contributed by atoms with E-state index in [1.165, 1.54) is 4.90 Å². The first-order valence-corrected chi connectivity index (χ1v) is 11.3. The normalized spacial score (nSPS) is 20.7. The zero-order chi connectivity index (χ0) is 23.6. The summed E-state index contributed by atoms with van der Waals surface area (Å²) in [4.78, 5) is 27.3. The van der Waals surface area contributed by atoms with Gasteiger partial charge in [0.05, 0.1) is 18.2 Å². The summed E-state index contributed by atoms with van der Waals surface area (Å²) in [5.74, 6) is -0.607. The van der Waals surface area contributed by atoms with Gasteiger partial charge in [-0.05, 0) is 29.5 Å². The predicted molar refractivity (Wildman–Crippen MR) is 127 cm³/mol. The molecular weight excluding hydrogens is 426 g/mol. The number of carbonyl (C=O) groups is 2. The number of rotatable bonds is 5. The van der Waals surface area contributed by atoms with Gasteiger partial charge in [-0.25, -0.2) is 0 Å². The van der Waals surface area contributed by atoms with Crippen LogP contribution in [0.3, 0.4) is 0 Å². The van der Waals surface area contributed by atoms with Crippen molar-refractivity contribution in [1.29, 1.82) is 0 Å². The van der Waals surface area contributed by atoms with Crippen LogP contribution in [0.15, 0.2) is 48.5 Å². The maximum absolute atomic E-state index is 13.0. The van der Waals surface area contributed by atoms with E-state index in [1.807, 2.05) is 76.2 Å². The fourth-order valence-corrected chi connectivity index (χ4v) is 4.14. The highest BCUT2D eigenvalue weighted by molar-refractivity contribution is 6.33. The molecular formula is C25H32ClN3O3. The molecule has 0 saturated carbocycles. The van der Waals surface area contributed by atoms with Crippen molar-refractivity contribution in [1.82, 2.24) is 10.2 Å². The molecule has 1 aliphatic rings. The van der Waals surface area contributed by atoms with E-state index in [4.69, 9.17) is 17.3 Å². The van der Waals surface area contributed by atoms with Gasteiger partial charge >= 0.3 is 0 Å². The topological polar surface area (TPSA) is 95.7 Å². The minimum atomic E-state index is -0.752. The standard InChI is InChI=1S/C25H32ClN3O3/c1-15(16-9-11-17(12-10-16)19-7-5-6-8-20(19)26)28-23(31)21-13-18(30)14-29(21)24(32)22(27)25(2,3)4/h5-12,15,18,21-22,30H,13-14,27H2,1-4H3,(H,28,31)/t15-,18+,21-,22+/m0/s1. The Morgan fingerprint density at radius 2 is 1.78 bits per heavy atom. The SMILES string of the molecule is C[C@H](NC(=O)[C@@H]1C[C@@H](O)CN1C(=O)[C@@H](N)C(C)(C)C)c1ccc(-c2ccccc2Cl)cc1. The first kappa shape index (κ1) is 24.2. The lowest BCUT2D eigenvalue weighted by molar-refractivity contribution is -0.141. The first-order valence-electron chi connectivity index (χ1n) is 10.9. The third-order valence-electron chi connectivity index (χ3n) is 6.02. The van der Waals surface area contributed by atoms with Crippen molar-refractivity contribution in [2.45, 2.75) is 58.3 Å². The average Bonchev–Trinajstić information content (AvgIpc) is 3.14. The molecule has 0 unspecified atom stereocenters. The van der Waals surface area contributed by atoms with Gasteiger partial charge in [0, 0.05) is 23.6 Å². The van der Waals surface area contributed by atoms with Gasteiger partial charge in [-0.2, -0.15) is 0 Å². The van der Waals surface area contributed by atoms with E-state index < -0.39 is 23.6 Å². The van der Waals surface area contributed by atoms with Gasteiger partial charge in [0.2, 0.25) is 11.8 Å². The second-order valence-corrected chi connectivity index (χ2v) is 9.98. The van der Waals surface area contributed by atoms with Crippen LogP contribution < -0.4 is 11.1 Å². The third kappa shape index (κ3) is 5.31. The van der Waals surface area contributed by atoms with Gasteiger partial charge in [-0.1, -0.05) is 74.8 Å². The number of aliphatic hydroxyl groups is 1. The number of nitrogens with two attached hydrogens (primary N) is 1. The molecule has 2 aromatic carbocycles. The molecule has 0 radical (unpaired) electrons. The average molecular weight is 458 g/mol. The van der Waals surface area contributed by atoms with E-state index >= 15 is 0 Å². The quantitative estimate of drug-likeness (QED) is 0.640. The molecule has 0 aromatic heterocycles. The summed E-state index contributed by atoms with van der Waals surface area (Å²) in [7, 11) is 0. The fourth-order valence-electron chi connectivity index (χ4n) is 3.89. The molecule has 2 amide bonds. The number of benzene rings is 2. The summed E-state index contributed by atoms with van der Waals surface area (Å²) in [6, 6.07) is 13.7. The molecule has 4 N–H and O–H groups in total. The van der Waals surface area contributed by atoms with E-state index in [0.29, 0.717) is 5.02 Å². The van der Waals surface area contributed by atoms with E-state index in [-0.39, 0.29) is 30.8 Å². The van der Waals surface area contributed by atoms with Crippen molar-refractivity contribution in [3.63, 3.8) is 0 Å². The smallest absolute Gasteiger partial charge is 0.243 e. The number of aliphatic hydroxyl groups excluding tert-OH is 1. The molecule has 1 heterocycles. The Morgan fingerprint density at radius 3 is 2.38 bits per heavy atom. The number of amides is 2. The van der Waals surface area contributed by atoms with Crippen LogP contribution in [0.2, 0.25) is 5.02 Å². The van der Waals surface area contributed by atoms with E-state index in [0.717, 1.165) is 16.7 Å². The minimum Gasteiger partial charge on any atom is -0.391 e. The van der Waals surface area contributed by atoms with Gasteiger partial charge in [0.15, 0.2) is 0 Å². The van der Waals surface area contributed by atoms with E-state index in [2.05, 4.69) is 5.32 Å². The molecule has 1 aliphatic heterocycles. The Morgan fingerprint density at radius 1 is 1.16 bits per heavy atom. The van der Waals surface area contributed by atoms with E-state index in [1.54, 1.807) is 0 Å². The first-order chi connectivity index (χ1) is 15.0. The van der Waals surface area contributed by atoms with Crippen LogP contribution in [0.1, 0.15) is 45.7 Å². The van der Waals surface area contributed by atoms with Crippen molar-refractivity contribution in [3.8, 4) is 11.1 Å². The highest BCUT2D eigenvalue weighted by Gasteiger charge is 2.42. The maximum atomic E-state index is 13.0. The summed E-state index contributed by atoms with van der Waals surface area (Å²) in [5, 5.41) is 13.8. The van der Waals surface area contributed by atoms with Crippen molar-refractivity contribution in [2.75, 3.05) is 6.54 Å². The molecule has 172 valence electrons. The third-order valence-corrected chi connectivity index (χ3v) is 6.35. The van der Waals surface area contributed by atoms with Gasteiger partial charge in [-0.15, -0.1) is 0 Å². The molecule has 1 saturated heterocycles. The van der Waals surface area contributed by atoms with Crippen LogP contribution in [0, 0.1) is 5.41 Å². The fraction of sp³-hybridized carbons (Fsp3) is 0.440. The van der Waals surface area contributed by atoms with Crippen LogP contribution >= 0.6 is 11.6 Å². The zero-order valence-electron chi connectivity index (χ0n) is 19.0. The van der Waals surface area contributed by atoms with Crippen molar-refractivity contribution >= 4 is 23.4 Å². The van der Waals surface area contributed by atoms with Gasteiger partial charge in [0.1, 0.15) is 6.04 Å². The van der Waals surface area contributed by atoms with Crippen LogP contribution in [-0.2, 0) is 9.59 Å². The van der Waals surface area contributed by atoms with Crippen molar-refractivity contribution in [3.05, 3.63) is 59.1 Å². The summed E-state index contributed by atoms with van der Waals surface area (Å²) in [6.45, 7) is 7.64. The summed E-state index contributed by atoms with van der Waals surface area (Å²) < 4.78 is 0. The lowest BCUT2D eigenvalue weighted by atomic mass is 9.86. The van der Waals surface area contributed by atoms with Gasteiger partial charge < -0.3 is 21.1 Å². The molecule has 6 nitrogen and oxygen atoms in total. The van der Waals surface area contributed by atoms with Crippen LogP contribution in [0.4, 0.5) is 0 Å². The van der Waals surface area contributed by atoms with Crippen molar-refractivity contribution in [2.24, 2.45) is 11.1 Å². The molecule has 3 rings (SSSR count). The number of hydrogen-bond donors (Lipinski definition) is 3. The number of nitrogens with zero attached hydrogens (tertiary/aromatic N) is 1. The largest absolute Gasteiger partial charge is 0.391 e. The Kier molecular flexibility index (Phi) is 7.28. The van der Waals surface area contributed by atoms with Crippen LogP contribution in [0.25, 0.3) is 11.1 Å². The summed E-state index contributed by atoms with van der Waals surface area (Å²) in [6.07, 6.45) is -0.542. The number of carbonyl (C=O) groups excluding carboxylic acids is 2.